The van der Waals surface area contributed by atoms with E-state index in [1.165, 1.54) is 12.1 Å². The van der Waals surface area contributed by atoms with Gasteiger partial charge in [0.1, 0.15) is 17.3 Å². The van der Waals surface area contributed by atoms with Crippen LogP contribution in [0.15, 0.2) is 95.7 Å². The molecule has 0 radical (unpaired) electrons. The summed E-state index contributed by atoms with van der Waals surface area (Å²) >= 11 is 0. The third-order valence-electron chi connectivity index (χ3n) is 5.31. The van der Waals surface area contributed by atoms with Gasteiger partial charge < -0.3 is 14.3 Å². The molecule has 3 aromatic heterocycles. The van der Waals surface area contributed by atoms with E-state index in [1.54, 1.807) is 30.6 Å². The van der Waals surface area contributed by atoms with Crippen LogP contribution in [0.4, 0.5) is 4.39 Å². The van der Waals surface area contributed by atoms with Gasteiger partial charge in [-0.25, -0.2) is 4.39 Å². The van der Waals surface area contributed by atoms with E-state index in [-0.39, 0.29) is 11.7 Å². The van der Waals surface area contributed by atoms with Crippen molar-refractivity contribution in [2.75, 3.05) is 0 Å². The number of fused-ring (bicyclic) bond motifs is 1. The van der Waals surface area contributed by atoms with Crippen LogP contribution >= 0.6 is 0 Å². The molecule has 0 aliphatic heterocycles. The highest BCUT2D eigenvalue weighted by Gasteiger charge is 2.20. The SMILES string of the molecule is O=C(NCc1cccnc1)c1cc2oc(-c3ccc(F)cc3)cc2n1Cc1ccccc1. The molecule has 32 heavy (non-hydrogen) atoms. The first-order valence-electron chi connectivity index (χ1n) is 10.3. The fourth-order valence-electron chi connectivity index (χ4n) is 3.70. The van der Waals surface area contributed by atoms with Crippen molar-refractivity contribution >= 4 is 17.0 Å². The summed E-state index contributed by atoms with van der Waals surface area (Å²) in [6.45, 7) is 0.897. The van der Waals surface area contributed by atoms with Crippen LogP contribution in [0.5, 0.6) is 0 Å². The molecule has 0 saturated heterocycles. The predicted octanol–water partition coefficient (Wildman–Crippen LogP) is 5.41. The second kappa shape index (κ2) is 8.51. The molecule has 158 valence electrons. The number of carbonyl (C=O) groups excluding carboxylic acids is 1. The Morgan fingerprint density at radius 1 is 0.969 bits per heavy atom. The Labute approximate surface area is 184 Å². The summed E-state index contributed by atoms with van der Waals surface area (Å²) in [4.78, 5) is 17.1. The van der Waals surface area contributed by atoms with E-state index in [9.17, 15) is 9.18 Å². The molecule has 0 saturated carbocycles. The van der Waals surface area contributed by atoms with Crippen molar-refractivity contribution in [3.05, 3.63) is 114 Å². The zero-order chi connectivity index (χ0) is 21.9. The third-order valence-corrected chi connectivity index (χ3v) is 5.31. The first-order chi connectivity index (χ1) is 15.7. The Balaban J connectivity index is 1.50. The van der Waals surface area contributed by atoms with Crippen molar-refractivity contribution in [2.45, 2.75) is 13.1 Å². The summed E-state index contributed by atoms with van der Waals surface area (Å²) in [5.74, 6) is 0.129. The lowest BCUT2D eigenvalue weighted by Crippen LogP contribution is -2.25. The third kappa shape index (κ3) is 4.03. The first-order valence-corrected chi connectivity index (χ1v) is 10.3. The average Bonchev–Trinajstić information content (AvgIpc) is 3.39. The minimum Gasteiger partial charge on any atom is -0.454 e. The van der Waals surface area contributed by atoms with Crippen LogP contribution in [-0.2, 0) is 13.1 Å². The van der Waals surface area contributed by atoms with E-state index in [2.05, 4.69) is 10.3 Å². The van der Waals surface area contributed by atoms with E-state index in [0.29, 0.717) is 30.1 Å². The van der Waals surface area contributed by atoms with Gasteiger partial charge in [0.2, 0.25) is 0 Å². The quantitative estimate of drug-likeness (QED) is 0.396. The number of rotatable bonds is 6. The maximum Gasteiger partial charge on any atom is 0.268 e. The van der Waals surface area contributed by atoms with Crippen molar-refractivity contribution < 1.29 is 13.6 Å². The maximum atomic E-state index is 13.3. The molecule has 3 heterocycles. The van der Waals surface area contributed by atoms with Crippen LogP contribution in [0.1, 0.15) is 21.6 Å². The number of nitrogens with one attached hydrogen (secondary N) is 1. The van der Waals surface area contributed by atoms with E-state index in [1.807, 2.05) is 53.1 Å². The lowest BCUT2D eigenvalue weighted by molar-refractivity contribution is 0.0942. The largest absolute Gasteiger partial charge is 0.454 e. The molecule has 0 aliphatic carbocycles. The number of halogens is 1. The van der Waals surface area contributed by atoms with Crippen molar-refractivity contribution in [3.63, 3.8) is 0 Å². The Hall–Kier alpha value is -4.19. The molecule has 0 atom stereocenters. The number of pyridine rings is 1. The second-order valence-corrected chi connectivity index (χ2v) is 7.51. The summed E-state index contributed by atoms with van der Waals surface area (Å²) in [5, 5.41) is 2.96. The molecule has 2 aromatic carbocycles. The molecule has 1 N–H and O–H groups in total. The van der Waals surface area contributed by atoms with Crippen molar-refractivity contribution in [1.82, 2.24) is 14.9 Å². The minimum absolute atomic E-state index is 0.195. The lowest BCUT2D eigenvalue weighted by Gasteiger charge is -2.11. The number of benzene rings is 2. The van der Waals surface area contributed by atoms with Crippen LogP contribution in [0.2, 0.25) is 0 Å². The lowest BCUT2D eigenvalue weighted by atomic mass is 10.2. The van der Waals surface area contributed by atoms with Gasteiger partial charge in [0, 0.05) is 43.2 Å². The Kier molecular flexibility index (Phi) is 5.25. The molecular formula is C26H20FN3O2. The zero-order valence-corrected chi connectivity index (χ0v) is 17.2. The van der Waals surface area contributed by atoms with Crippen LogP contribution < -0.4 is 5.32 Å². The van der Waals surface area contributed by atoms with Gasteiger partial charge in [-0.2, -0.15) is 0 Å². The van der Waals surface area contributed by atoms with Gasteiger partial charge in [0.05, 0.1) is 5.52 Å². The van der Waals surface area contributed by atoms with Gasteiger partial charge in [-0.1, -0.05) is 36.4 Å². The van der Waals surface area contributed by atoms with Crippen LogP contribution in [-0.4, -0.2) is 15.5 Å². The van der Waals surface area contributed by atoms with Gasteiger partial charge in [-0.05, 0) is 41.5 Å². The highest BCUT2D eigenvalue weighted by molar-refractivity contribution is 5.98. The maximum absolute atomic E-state index is 13.3. The number of furan rings is 1. The Morgan fingerprint density at radius 2 is 1.75 bits per heavy atom. The summed E-state index contributed by atoms with van der Waals surface area (Å²) in [5.41, 5.74) is 4.68. The number of nitrogens with zero attached hydrogens (tertiary/aromatic N) is 2. The van der Waals surface area contributed by atoms with Gasteiger partial charge in [-0.15, -0.1) is 0 Å². The number of hydrogen-bond donors (Lipinski definition) is 1. The fourth-order valence-corrected chi connectivity index (χ4v) is 3.70. The molecule has 0 spiro atoms. The van der Waals surface area contributed by atoms with E-state index < -0.39 is 0 Å². The molecule has 5 nitrogen and oxygen atoms in total. The second-order valence-electron chi connectivity index (χ2n) is 7.51. The van der Waals surface area contributed by atoms with Gasteiger partial charge in [0.15, 0.2) is 5.58 Å². The summed E-state index contributed by atoms with van der Waals surface area (Å²) in [7, 11) is 0. The summed E-state index contributed by atoms with van der Waals surface area (Å²) in [6, 6.07) is 23.5. The standard InChI is InChI=1S/C26H20FN3O2/c27-21-10-8-20(9-11-21)24-13-22-25(32-24)14-23(30(22)17-18-5-2-1-3-6-18)26(31)29-16-19-7-4-12-28-15-19/h1-15H,16-17H2,(H,29,31). The molecule has 5 aromatic rings. The highest BCUT2D eigenvalue weighted by atomic mass is 19.1. The van der Waals surface area contributed by atoms with Crippen molar-refractivity contribution in [1.29, 1.82) is 0 Å². The highest BCUT2D eigenvalue weighted by Crippen LogP contribution is 2.31. The molecule has 0 unspecified atom stereocenters. The summed E-state index contributed by atoms with van der Waals surface area (Å²) in [6.07, 6.45) is 3.42. The molecule has 6 heteroatoms. The van der Waals surface area contributed by atoms with Crippen LogP contribution in [0, 0.1) is 5.82 Å². The molecule has 0 fully saturated rings. The molecule has 5 rings (SSSR count). The number of aromatic nitrogens is 2. The average molecular weight is 425 g/mol. The molecule has 0 bridgehead atoms. The van der Waals surface area contributed by atoms with Crippen LogP contribution in [0.25, 0.3) is 22.4 Å². The molecular weight excluding hydrogens is 405 g/mol. The van der Waals surface area contributed by atoms with E-state index >= 15 is 0 Å². The number of amides is 1. The topological polar surface area (TPSA) is 60.1 Å². The smallest absolute Gasteiger partial charge is 0.268 e. The normalized spacial score (nSPS) is 11.0. The van der Waals surface area contributed by atoms with Crippen LogP contribution in [0.3, 0.4) is 0 Å². The van der Waals surface area contributed by atoms with Gasteiger partial charge in [-0.3, -0.25) is 9.78 Å². The minimum atomic E-state index is -0.300. The summed E-state index contributed by atoms with van der Waals surface area (Å²) < 4.78 is 21.3. The fraction of sp³-hybridized carbons (Fsp3) is 0.0769. The van der Waals surface area contributed by atoms with E-state index in [0.717, 1.165) is 22.2 Å². The monoisotopic (exact) mass is 425 g/mol. The predicted molar refractivity (Wildman–Crippen MR) is 121 cm³/mol. The first kappa shape index (κ1) is 19.8. The molecule has 1 amide bonds. The van der Waals surface area contributed by atoms with Gasteiger partial charge in [0.25, 0.3) is 5.91 Å². The Morgan fingerprint density at radius 3 is 2.50 bits per heavy atom. The Bertz CT molecular complexity index is 1360. The zero-order valence-electron chi connectivity index (χ0n) is 17.2. The number of carbonyl (C=O) groups is 1. The van der Waals surface area contributed by atoms with Gasteiger partial charge >= 0.3 is 0 Å². The van der Waals surface area contributed by atoms with Crippen molar-refractivity contribution in [3.8, 4) is 11.3 Å². The van der Waals surface area contributed by atoms with Crippen molar-refractivity contribution in [2.24, 2.45) is 0 Å². The molecule has 0 aliphatic rings. The number of hydrogen-bond acceptors (Lipinski definition) is 3. The van der Waals surface area contributed by atoms with E-state index in [4.69, 9.17) is 4.42 Å².